The molecule has 204 valence electrons. The molecule has 0 aromatic heterocycles. The minimum Gasteiger partial charge on any atom is -0.382 e. The molecule has 2 saturated heterocycles. The van der Waals surface area contributed by atoms with E-state index >= 15 is 0 Å². The van der Waals surface area contributed by atoms with Crippen molar-refractivity contribution in [3.8, 4) is 6.07 Å². The average molecular weight is 548 g/mol. The van der Waals surface area contributed by atoms with Crippen LogP contribution < -0.4 is 10.6 Å². The van der Waals surface area contributed by atoms with Gasteiger partial charge in [-0.05, 0) is 81.1 Å². The van der Waals surface area contributed by atoms with E-state index in [1.807, 2.05) is 29.2 Å². The summed E-state index contributed by atoms with van der Waals surface area (Å²) in [5.41, 5.74) is 0.107. The first-order chi connectivity index (χ1) is 18.2. The number of carbonyl (C=O) groups excluding carboxylic acids is 1. The standard InChI is InChI=1S/C28H33ClF3N5O/c29-21-4-7-22(8-5-21)34-23-9-14-36(15-10-23)13-1-2-27(38)37-16-11-24(12-17-37)35-25-6-3-20(19-33)26(18-25)28(30,31)32/h3-8,18,23-24,34-35H,1-2,9-17H2. The first-order valence-corrected chi connectivity index (χ1v) is 13.5. The van der Waals surface area contributed by atoms with Gasteiger partial charge in [0.25, 0.3) is 0 Å². The molecule has 0 spiro atoms. The summed E-state index contributed by atoms with van der Waals surface area (Å²) in [6.07, 6.45) is 0.191. The third-order valence-corrected chi connectivity index (χ3v) is 7.58. The minimum atomic E-state index is -4.58. The first kappa shape index (κ1) is 28.1. The van der Waals surface area contributed by atoms with Crippen molar-refractivity contribution in [2.45, 2.75) is 56.8 Å². The van der Waals surface area contributed by atoms with Gasteiger partial charge in [0, 0.05) is 61.1 Å². The van der Waals surface area contributed by atoms with Crippen LogP contribution in [0.1, 0.15) is 49.7 Å². The molecule has 0 bridgehead atoms. The molecule has 2 aromatic rings. The van der Waals surface area contributed by atoms with Gasteiger partial charge in [-0.1, -0.05) is 11.6 Å². The molecule has 0 unspecified atom stereocenters. The Kier molecular flexibility index (Phi) is 9.40. The molecule has 6 nitrogen and oxygen atoms in total. The number of anilines is 2. The number of hydrogen-bond donors (Lipinski definition) is 2. The van der Waals surface area contributed by atoms with Gasteiger partial charge in [-0.15, -0.1) is 0 Å². The zero-order valence-electron chi connectivity index (χ0n) is 21.2. The highest BCUT2D eigenvalue weighted by atomic mass is 35.5. The van der Waals surface area contributed by atoms with Crippen LogP contribution in [0.5, 0.6) is 0 Å². The van der Waals surface area contributed by atoms with E-state index in [2.05, 4.69) is 15.5 Å². The number of rotatable bonds is 8. The number of likely N-dealkylation sites (tertiary alicyclic amines) is 2. The number of nitriles is 1. The van der Waals surface area contributed by atoms with Crippen LogP contribution in [0.2, 0.25) is 5.02 Å². The topological polar surface area (TPSA) is 71.4 Å². The molecule has 2 fully saturated rings. The number of piperidine rings is 2. The summed E-state index contributed by atoms with van der Waals surface area (Å²) in [6, 6.07) is 13.5. The molecule has 1 amide bonds. The highest BCUT2D eigenvalue weighted by molar-refractivity contribution is 6.30. The summed E-state index contributed by atoms with van der Waals surface area (Å²) in [6.45, 7) is 4.07. The molecular formula is C28H33ClF3N5O. The minimum absolute atomic E-state index is 0.0177. The van der Waals surface area contributed by atoms with Crippen molar-refractivity contribution in [1.29, 1.82) is 5.26 Å². The van der Waals surface area contributed by atoms with E-state index in [1.165, 1.54) is 12.1 Å². The van der Waals surface area contributed by atoms with Crippen LogP contribution in [-0.4, -0.2) is 60.5 Å². The number of carbonyl (C=O) groups is 1. The van der Waals surface area contributed by atoms with Crippen molar-refractivity contribution in [2.24, 2.45) is 0 Å². The van der Waals surface area contributed by atoms with Crippen molar-refractivity contribution in [1.82, 2.24) is 9.80 Å². The van der Waals surface area contributed by atoms with Gasteiger partial charge in [0.05, 0.1) is 17.2 Å². The number of amides is 1. The Morgan fingerprint density at radius 2 is 1.53 bits per heavy atom. The second-order valence-electron chi connectivity index (χ2n) is 10.0. The Hall–Kier alpha value is -2.96. The van der Waals surface area contributed by atoms with Crippen LogP contribution in [-0.2, 0) is 11.0 Å². The Morgan fingerprint density at radius 3 is 2.13 bits per heavy atom. The van der Waals surface area contributed by atoms with E-state index in [4.69, 9.17) is 16.9 Å². The number of alkyl halides is 3. The van der Waals surface area contributed by atoms with Gasteiger partial charge < -0.3 is 20.4 Å². The Labute approximate surface area is 226 Å². The van der Waals surface area contributed by atoms with Crippen LogP contribution >= 0.6 is 11.6 Å². The van der Waals surface area contributed by atoms with E-state index in [0.29, 0.717) is 44.1 Å². The molecular weight excluding hydrogens is 515 g/mol. The fourth-order valence-corrected chi connectivity index (χ4v) is 5.30. The van der Waals surface area contributed by atoms with E-state index in [0.717, 1.165) is 55.7 Å². The molecule has 2 N–H and O–H groups in total. The molecule has 0 aliphatic carbocycles. The third kappa shape index (κ3) is 7.78. The molecule has 0 saturated carbocycles. The Bertz CT molecular complexity index is 1120. The van der Waals surface area contributed by atoms with Gasteiger partial charge in [0.2, 0.25) is 5.91 Å². The predicted molar refractivity (Wildman–Crippen MR) is 143 cm³/mol. The number of benzene rings is 2. The lowest BCUT2D eigenvalue weighted by Gasteiger charge is -2.34. The maximum atomic E-state index is 13.2. The zero-order valence-corrected chi connectivity index (χ0v) is 22.0. The molecule has 2 aromatic carbocycles. The lowest BCUT2D eigenvalue weighted by molar-refractivity contribution is -0.137. The summed E-state index contributed by atoms with van der Waals surface area (Å²) in [4.78, 5) is 17.0. The largest absolute Gasteiger partial charge is 0.417 e. The Balaban J connectivity index is 1.13. The van der Waals surface area contributed by atoms with Gasteiger partial charge in [0.1, 0.15) is 0 Å². The second kappa shape index (κ2) is 12.7. The van der Waals surface area contributed by atoms with E-state index in [9.17, 15) is 18.0 Å². The van der Waals surface area contributed by atoms with Crippen LogP contribution in [0.25, 0.3) is 0 Å². The molecule has 2 aliphatic rings. The monoisotopic (exact) mass is 547 g/mol. The molecule has 2 aliphatic heterocycles. The highest BCUT2D eigenvalue weighted by Gasteiger charge is 2.34. The number of nitrogens with one attached hydrogen (secondary N) is 2. The first-order valence-electron chi connectivity index (χ1n) is 13.1. The molecule has 0 atom stereocenters. The van der Waals surface area contributed by atoms with E-state index in [1.54, 1.807) is 6.07 Å². The van der Waals surface area contributed by atoms with Crippen LogP contribution in [0, 0.1) is 11.3 Å². The van der Waals surface area contributed by atoms with Crippen LogP contribution in [0.3, 0.4) is 0 Å². The van der Waals surface area contributed by atoms with Crippen LogP contribution in [0.4, 0.5) is 24.5 Å². The highest BCUT2D eigenvalue weighted by Crippen LogP contribution is 2.34. The van der Waals surface area contributed by atoms with E-state index in [-0.39, 0.29) is 17.5 Å². The van der Waals surface area contributed by atoms with Crippen LogP contribution in [0.15, 0.2) is 42.5 Å². The third-order valence-electron chi connectivity index (χ3n) is 7.33. The molecule has 10 heteroatoms. The fourth-order valence-electron chi connectivity index (χ4n) is 5.17. The summed E-state index contributed by atoms with van der Waals surface area (Å²) < 4.78 is 39.7. The number of halogens is 4. The number of nitrogens with zero attached hydrogens (tertiary/aromatic N) is 3. The molecule has 0 radical (unpaired) electrons. The van der Waals surface area contributed by atoms with Gasteiger partial charge in [-0.2, -0.15) is 18.4 Å². The maximum Gasteiger partial charge on any atom is 0.417 e. The summed E-state index contributed by atoms with van der Waals surface area (Å²) in [5, 5.41) is 16.4. The van der Waals surface area contributed by atoms with Crippen molar-refractivity contribution in [3.05, 3.63) is 58.6 Å². The normalized spacial score (nSPS) is 17.7. The second-order valence-corrected chi connectivity index (χ2v) is 10.5. The number of hydrogen-bond acceptors (Lipinski definition) is 5. The lowest BCUT2D eigenvalue weighted by atomic mass is 10.0. The molecule has 4 rings (SSSR count). The smallest absolute Gasteiger partial charge is 0.382 e. The average Bonchev–Trinajstić information content (AvgIpc) is 2.91. The summed E-state index contributed by atoms with van der Waals surface area (Å²) >= 11 is 5.95. The summed E-state index contributed by atoms with van der Waals surface area (Å²) in [5.74, 6) is 0.139. The maximum absolute atomic E-state index is 13.2. The molecule has 2 heterocycles. The summed E-state index contributed by atoms with van der Waals surface area (Å²) in [7, 11) is 0. The van der Waals surface area contributed by atoms with E-state index < -0.39 is 11.7 Å². The Morgan fingerprint density at radius 1 is 0.947 bits per heavy atom. The molecule has 38 heavy (non-hydrogen) atoms. The predicted octanol–water partition coefficient (Wildman–Crippen LogP) is 5.99. The van der Waals surface area contributed by atoms with Gasteiger partial charge in [-0.3, -0.25) is 4.79 Å². The lowest BCUT2D eigenvalue weighted by Crippen LogP contribution is -2.43. The van der Waals surface area contributed by atoms with Crippen molar-refractivity contribution < 1.29 is 18.0 Å². The van der Waals surface area contributed by atoms with Gasteiger partial charge >= 0.3 is 6.18 Å². The van der Waals surface area contributed by atoms with Crippen molar-refractivity contribution in [2.75, 3.05) is 43.4 Å². The van der Waals surface area contributed by atoms with Crippen molar-refractivity contribution in [3.63, 3.8) is 0 Å². The fraction of sp³-hybridized carbons (Fsp3) is 0.500. The SMILES string of the molecule is N#Cc1ccc(NC2CCN(C(=O)CCCN3CCC(Nc4ccc(Cl)cc4)CC3)CC2)cc1C(F)(F)F. The quantitative estimate of drug-likeness (QED) is 0.425. The van der Waals surface area contributed by atoms with Crippen molar-refractivity contribution >= 4 is 28.9 Å². The van der Waals surface area contributed by atoms with Gasteiger partial charge in [-0.25, -0.2) is 0 Å². The van der Waals surface area contributed by atoms with Gasteiger partial charge in [0.15, 0.2) is 0 Å². The zero-order chi connectivity index (χ0) is 27.1.